The van der Waals surface area contributed by atoms with E-state index in [9.17, 15) is 9.59 Å². The fourth-order valence-corrected chi connectivity index (χ4v) is 2.96. The molecule has 3 heterocycles. The summed E-state index contributed by atoms with van der Waals surface area (Å²) in [7, 11) is 1.64. The first kappa shape index (κ1) is 18.9. The van der Waals surface area contributed by atoms with Crippen LogP contribution in [0.25, 0.3) is 0 Å². The average molecular weight is 435 g/mol. The third-order valence-electron chi connectivity index (χ3n) is 3.99. The minimum atomic E-state index is -0.504. The topological polar surface area (TPSA) is 107 Å². The lowest BCUT2D eigenvalue weighted by molar-refractivity contribution is -0.119. The molecule has 0 aliphatic heterocycles. The number of aromatic nitrogens is 4. The highest BCUT2D eigenvalue weighted by Crippen LogP contribution is 2.20. The van der Waals surface area contributed by atoms with Gasteiger partial charge in [-0.1, -0.05) is 6.92 Å². The first-order valence-corrected chi connectivity index (χ1v) is 9.12. The number of halogens is 1. The highest BCUT2D eigenvalue weighted by atomic mass is 79.9. The van der Waals surface area contributed by atoms with Gasteiger partial charge in [0.2, 0.25) is 5.91 Å². The van der Waals surface area contributed by atoms with Gasteiger partial charge in [0.25, 0.3) is 5.91 Å². The summed E-state index contributed by atoms with van der Waals surface area (Å²) in [5.74, 6) is -0.0100. The number of anilines is 1. The number of hydrogen-bond acceptors (Lipinski definition) is 5. The zero-order valence-electron chi connectivity index (χ0n) is 14.8. The van der Waals surface area contributed by atoms with Crippen molar-refractivity contribution in [1.82, 2.24) is 24.9 Å². The molecule has 9 nitrogen and oxygen atoms in total. The molecule has 0 aliphatic rings. The molecule has 27 heavy (non-hydrogen) atoms. The molecule has 0 saturated carbocycles. The maximum absolute atomic E-state index is 12.7. The fraction of sp³-hybridized carbons (Fsp3) is 0.294. The molecule has 0 spiro atoms. The van der Waals surface area contributed by atoms with Crippen molar-refractivity contribution < 1.29 is 14.0 Å². The number of aryl methyl sites for hydroxylation is 1. The van der Waals surface area contributed by atoms with E-state index in [0.29, 0.717) is 17.9 Å². The number of amides is 2. The Morgan fingerprint density at radius 2 is 2.15 bits per heavy atom. The third-order valence-corrected chi connectivity index (χ3v) is 4.40. The first-order valence-electron chi connectivity index (χ1n) is 8.32. The van der Waals surface area contributed by atoms with Gasteiger partial charge in [0.05, 0.1) is 35.4 Å². The standard InChI is InChI=1S/C17H19BrN6O3/c1-3-14(24-10-11(18)7-21-24)16(25)22-13-9-20-23(2)15(13)17(26)19-8-12-5-4-6-27-12/h4-7,9-10,14H,3,8H2,1-2H3,(H,19,26)(H,22,25). The van der Waals surface area contributed by atoms with Gasteiger partial charge < -0.3 is 15.1 Å². The van der Waals surface area contributed by atoms with Crippen molar-refractivity contribution in [2.75, 3.05) is 5.32 Å². The molecule has 3 aromatic heterocycles. The normalized spacial score (nSPS) is 12.0. The minimum Gasteiger partial charge on any atom is -0.467 e. The molecule has 3 rings (SSSR count). The van der Waals surface area contributed by atoms with Crippen molar-refractivity contribution in [2.45, 2.75) is 25.9 Å². The second-order valence-corrected chi connectivity index (χ2v) is 6.76. The molecular weight excluding hydrogens is 416 g/mol. The Labute approximate surface area is 163 Å². The van der Waals surface area contributed by atoms with Gasteiger partial charge in [-0.3, -0.25) is 19.0 Å². The molecule has 0 aliphatic carbocycles. The Morgan fingerprint density at radius 3 is 2.78 bits per heavy atom. The van der Waals surface area contributed by atoms with E-state index in [1.807, 2.05) is 6.92 Å². The Bertz CT molecular complexity index is 931. The summed E-state index contributed by atoms with van der Waals surface area (Å²) in [6.45, 7) is 2.13. The van der Waals surface area contributed by atoms with Crippen LogP contribution in [0.3, 0.4) is 0 Å². The molecule has 142 valence electrons. The van der Waals surface area contributed by atoms with E-state index in [0.717, 1.165) is 4.47 Å². The maximum atomic E-state index is 12.7. The van der Waals surface area contributed by atoms with Gasteiger partial charge in [0.1, 0.15) is 17.5 Å². The number of carbonyl (C=O) groups is 2. The fourth-order valence-electron chi connectivity index (χ4n) is 2.66. The molecule has 10 heteroatoms. The lowest BCUT2D eigenvalue weighted by Crippen LogP contribution is -2.29. The number of carbonyl (C=O) groups excluding carboxylic acids is 2. The van der Waals surface area contributed by atoms with Crippen molar-refractivity contribution in [3.63, 3.8) is 0 Å². The summed E-state index contributed by atoms with van der Waals surface area (Å²) in [6.07, 6.45) is 6.88. The summed E-state index contributed by atoms with van der Waals surface area (Å²) >= 11 is 3.32. The lowest BCUT2D eigenvalue weighted by Gasteiger charge is -2.15. The monoisotopic (exact) mass is 434 g/mol. The largest absolute Gasteiger partial charge is 0.467 e. The van der Waals surface area contributed by atoms with E-state index in [-0.39, 0.29) is 24.1 Å². The van der Waals surface area contributed by atoms with Crippen LogP contribution in [-0.4, -0.2) is 31.4 Å². The quantitative estimate of drug-likeness (QED) is 0.593. The Morgan fingerprint density at radius 1 is 1.33 bits per heavy atom. The third kappa shape index (κ3) is 4.27. The molecule has 0 saturated heterocycles. The summed E-state index contributed by atoms with van der Waals surface area (Å²) in [6, 6.07) is 3.01. The molecule has 2 amide bonds. The molecule has 0 fully saturated rings. The van der Waals surface area contributed by atoms with Crippen LogP contribution >= 0.6 is 15.9 Å². The number of nitrogens with one attached hydrogen (secondary N) is 2. The summed E-state index contributed by atoms with van der Waals surface area (Å²) in [5, 5.41) is 13.8. The molecule has 0 aromatic carbocycles. The predicted molar refractivity (Wildman–Crippen MR) is 101 cm³/mol. The van der Waals surface area contributed by atoms with Gasteiger partial charge in [-0.25, -0.2) is 0 Å². The number of hydrogen-bond donors (Lipinski definition) is 2. The van der Waals surface area contributed by atoms with E-state index < -0.39 is 6.04 Å². The number of nitrogens with zero attached hydrogens (tertiary/aromatic N) is 4. The highest BCUT2D eigenvalue weighted by Gasteiger charge is 2.24. The highest BCUT2D eigenvalue weighted by molar-refractivity contribution is 9.10. The molecule has 3 aromatic rings. The SMILES string of the molecule is CCC(C(=O)Nc1cnn(C)c1C(=O)NCc1ccco1)n1cc(Br)cn1. The van der Waals surface area contributed by atoms with Crippen LogP contribution in [-0.2, 0) is 18.4 Å². The van der Waals surface area contributed by atoms with E-state index in [4.69, 9.17) is 4.42 Å². The number of furan rings is 1. The summed E-state index contributed by atoms with van der Waals surface area (Å²) in [4.78, 5) is 25.3. The number of rotatable bonds is 7. The van der Waals surface area contributed by atoms with Crippen molar-refractivity contribution in [2.24, 2.45) is 7.05 Å². The van der Waals surface area contributed by atoms with Crippen LogP contribution < -0.4 is 10.6 Å². The summed E-state index contributed by atoms with van der Waals surface area (Å²) < 4.78 is 8.98. The van der Waals surface area contributed by atoms with Crippen molar-refractivity contribution in [3.05, 3.63) is 52.9 Å². The van der Waals surface area contributed by atoms with Crippen LogP contribution in [0, 0.1) is 0 Å². The van der Waals surface area contributed by atoms with E-state index in [1.165, 1.54) is 17.1 Å². The van der Waals surface area contributed by atoms with Gasteiger partial charge in [0, 0.05) is 13.2 Å². The van der Waals surface area contributed by atoms with E-state index >= 15 is 0 Å². The van der Waals surface area contributed by atoms with Gasteiger partial charge in [-0.15, -0.1) is 0 Å². The van der Waals surface area contributed by atoms with Crippen LogP contribution in [0.1, 0.15) is 35.6 Å². The van der Waals surface area contributed by atoms with Gasteiger partial charge in [0.15, 0.2) is 0 Å². The van der Waals surface area contributed by atoms with E-state index in [1.54, 1.807) is 36.3 Å². The molecule has 1 unspecified atom stereocenters. The lowest BCUT2D eigenvalue weighted by atomic mass is 10.2. The summed E-state index contributed by atoms with van der Waals surface area (Å²) in [5.41, 5.74) is 0.593. The van der Waals surface area contributed by atoms with Crippen LogP contribution in [0.4, 0.5) is 5.69 Å². The molecule has 2 N–H and O–H groups in total. The van der Waals surface area contributed by atoms with Crippen molar-refractivity contribution in [3.8, 4) is 0 Å². The first-order chi connectivity index (χ1) is 13.0. The molecule has 0 radical (unpaired) electrons. The smallest absolute Gasteiger partial charge is 0.272 e. The predicted octanol–water partition coefficient (Wildman–Crippen LogP) is 2.49. The van der Waals surface area contributed by atoms with Crippen LogP contribution in [0.2, 0.25) is 0 Å². The van der Waals surface area contributed by atoms with Crippen LogP contribution in [0.15, 0.2) is 45.9 Å². The zero-order valence-corrected chi connectivity index (χ0v) is 16.4. The second kappa shape index (κ2) is 8.21. The molecule has 1 atom stereocenters. The van der Waals surface area contributed by atoms with E-state index in [2.05, 4.69) is 36.8 Å². The minimum absolute atomic E-state index is 0.239. The maximum Gasteiger partial charge on any atom is 0.272 e. The van der Waals surface area contributed by atoms with Gasteiger partial charge >= 0.3 is 0 Å². The van der Waals surface area contributed by atoms with Crippen LogP contribution in [0.5, 0.6) is 0 Å². The molecule has 0 bridgehead atoms. The zero-order chi connectivity index (χ0) is 19.4. The Kier molecular flexibility index (Phi) is 5.75. The van der Waals surface area contributed by atoms with Crippen molar-refractivity contribution >= 4 is 33.4 Å². The van der Waals surface area contributed by atoms with Gasteiger partial charge in [-0.05, 0) is 34.5 Å². The average Bonchev–Trinajstić information content (AvgIpc) is 3.36. The Hall–Kier alpha value is -2.88. The Balaban J connectivity index is 1.73. The second-order valence-electron chi connectivity index (χ2n) is 5.84. The molecular formula is C17H19BrN6O3. The van der Waals surface area contributed by atoms with Crippen molar-refractivity contribution in [1.29, 1.82) is 0 Å². The van der Waals surface area contributed by atoms with Gasteiger partial charge in [-0.2, -0.15) is 10.2 Å².